The van der Waals surface area contributed by atoms with Crippen molar-refractivity contribution in [3.05, 3.63) is 81.6 Å². The van der Waals surface area contributed by atoms with E-state index in [0.717, 1.165) is 48.0 Å². The van der Waals surface area contributed by atoms with E-state index in [1.807, 2.05) is 70.6 Å². The van der Waals surface area contributed by atoms with Gasteiger partial charge in [0.25, 0.3) is 11.8 Å². The third kappa shape index (κ3) is 5.23. The highest BCUT2D eigenvalue weighted by molar-refractivity contribution is 7.09. The summed E-state index contributed by atoms with van der Waals surface area (Å²) >= 11 is 1.55. The number of aryl methyl sites for hydroxylation is 2. The summed E-state index contributed by atoms with van der Waals surface area (Å²) in [6.45, 7) is 7.83. The molecule has 6 rings (SSSR count). The number of pyridine rings is 1. The van der Waals surface area contributed by atoms with Gasteiger partial charge >= 0.3 is 0 Å². The third-order valence-corrected chi connectivity index (χ3v) is 8.77. The summed E-state index contributed by atoms with van der Waals surface area (Å²) in [5, 5.41) is 7.03. The van der Waals surface area contributed by atoms with Gasteiger partial charge in [0.2, 0.25) is 0 Å². The van der Waals surface area contributed by atoms with Crippen LogP contribution in [-0.2, 0) is 0 Å². The standard InChI is InChI=1S/C30H32N6O3S/c1-20-7-6-10-25(31-20)34-15-17-36(18-16-34)29(37)24-19-40-28(32-24)23-11-13-35(14-12-23)30(38)26-21(2)39-33-27(26)22-8-4-3-5-9-22/h3-10,19,23H,11-18H2,1-2H3. The van der Waals surface area contributed by atoms with E-state index in [-0.39, 0.29) is 17.7 Å². The molecule has 2 amide bonds. The van der Waals surface area contributed by atoms with Gasteiger partial charge in [-0.3, -0.25) is 9.59 Å². The summed E-state index contributed by atoms with van der Waals surface area (Å²) in [5.41, 5.74) is 3.50. The number of thiazole rings is 1. The minimum atomic E-state index is -0.0499. The molecule has 0 aliphatic carbocycles. The van der Waals surface area contributed by atoms with Crippen LogP contribution in [0.5, 0.6) is 0 Å². The number of anilines is 1. The number of piperidine rings is 1. The zero-order valence-corrected chi connectivity index (χ0v) is 23.6. The molecule has 2 fully saturated rings. The molecule has 9 nitrogen and oxygen atoms in total. The largest absolute Gasteiger partial charge is 0.360 e. The summed E-state index contributed by atoms with van der Waals surface area (Å²) in [6, 6.07) is 15.7. The fraction of sp³-hybridized carbons (Fsp3) is 0.367. The molecule has 4 aromatic rings. The van der Waals surface area contributed by atoms with Crippen LogP contribution >= 0.6 is 11.3 Å². The van der Waals surface area contributed by atoms with Gasteiger partial charge in [-0.2, -0.15) is 0 Å². The number of aromatic nitrogens is 3. The lowest BCUT2D eigenvalue weighted by Gasteiger charge is -2.35. The molecule has 0 unspecified atom stereocenters. The monoisotopic (exact) mass is 556 g/mol. The lowest BCUT2D eigenvalue weighted by atomic mass is 9.96. The Morgan fingerprint density at radius 1 is 0.850 bits per heavy atom. The van der Waals surface area contributed by atoms with Crippen LogP contribution in [0.25, 0.3) is 11.3 Å². The minimum Gasteiger partial charge on any atom is -0.360 e. The van der Waals surface area contributed by atoms with Gasteiger partial charge in [-0.05, 0) is 38.8 Å². The Bertz CT molecular complexity index is 1500. The summed E-state index contributed by atoms with van der Waals surface area (Å²) in [5.74, 6) is 1.67. The van der Waals surface area contributed by atoms with Gasteiger partial charge in [0.1, 0.15) is 28.5 Å². The zero-order chi connectivity index (χ0) is 27.6. The van der Waals surface area contributed by atoms with Crippen molar-refractivity contribution in [1.29, 1.82) is 0 Å². The predicted molar refractivity (Wildman–Crippen MR) is 154 cm³/mol. The second kappa shape index (κ2) is 11.2. The molecule has 40 heavy (non-hydrogen) atoms. The first-order chi connectivity index (χ1) is 19.5. The summed E-state index contributed by atoms with van der Waals surface area (Å²) < 4.78 is 5.41. The van der Waals surface area contributed by atoms with Crippen molar-refractivity contribution in [3.8, 4) is 11.3 Å². The molecular formula is C30H32N6O3S. The molecule has 3 aromatic heterocycles. The minimum absolute atomic E-state index is 0.0108. The van der Waals surface area contributed by atoms with E-state index in [9.17, 15) is 9.59 Å². The van der Waals surface area contributed by atoms with Crippen molar-refractivity contribution in [2.45, 2.75) is 32.6 Å². The Balaban J connectivity index is 1.05. The number of hydrogen-bond donors (Lipinski definition) is 0. The Kier molecular flexibility index (Phi) is 7.34. The van der Waals surface area contributed by atoms with Gasteiger partial charge < -0.3 is 19.2 Å². The number of likely N-dealkylation sites (tertiary alicyclic amines) is 1. The number of benzene rings is 1. The first-order valence-electron chi connectivity index (χ1n) is 13.7. The van der Waals surface area contributed by atoms with Crippen LogP contribution in [0.4, 0.5) is 5.82 Å². The second-order valence-corrected chi connectivity index (χ2v) is 11.3. The molecule has 0 radical (unpaired) electrons. The smallest absolute Gasteiger partial charge is 0.273 e. The van der Waals surface area contributed by atoms with Gasteiger partial charge in [0.05, 0.1) is 5.01 Å². The normalized spacial score (nSPS) is 16.4. The third-order valence-electron chi connectivity index (χ3n) is 7.76. The van der Waals surface area contributed by atoms with Crippen LogP contribution < -0.4 is 4.90 Å². The first-order valence-corrected chi connectivity index (χ1v) is 14.6. The SMILES string of the molecule is Cc1cccc(N2CCN(C(=O)c3csc(C4CCN(C(=O)c5c(-c6ccccc6)noc5C)CC4)n3)CC2)n1. The molecule has 206 valence electrons. The fourth-order valence-electron chi connectivity index (χ4n) is 5.48. The molecule has 0 atom stereocenters. The number of piperazine rings is 1. The van der Waals surface area contributed by atoms with E-state index in [4.69, 9.17) is 9.51 Å². The number of nitrogens with zero attached hydrogens (tertiary/aromatic N) is 6. The molecule has 5 heterocycles. The van der Waals surface area contributed by atoms with Gasteiger partial charge in [0.15, 0.2) is 0 Å². The lowest BCUT2D eigenvalue weighted by molar-refractivity contribution is 0.0711. The Morgan fingerprint density at radius 3 is 2.30 bits per heavy atom. The number of hydrogen-bond acceptors (Lipinski definition) is 8. The molecule has 2 aliphatic rings. The Labute approximate surface area is 237 Å². The van der Waals surface area contributed by atoms with Crippen LogP contribution in [0.1, 0.15) is 56.1 Å². The Hall–Kier alpha value is -4.05. The second-order valence-electron chi connectivity index (χ2n) is 10.4. The average molecular weight is 557 g/mol. The number of carbonyl (C=O) groups excluding carboxylic acids is 2. The van der Waals surface area contributed by atoms with Crippen molar-refractivity contribution < 1.29 is 14.1 Å². The lowest BCUT2D eigenvalue weighted by Crippen LogP contribution is -2.49. The number of rotatable bonds is 5. The molecule has 1 aromatic carbocycles. The van der Waals surface area contributed by atoms with Gasteiger partial charge in [-0.15, -0.1) is 11.3 Å². The maximum absolute atomic E-state index is 13.5. The van der Waals surface area contributed by atoms with E-state index >= 15 is 0 Å². The topological polar surface area (TPSA) is 95.7 Å². The van der Waals surface area contributed by atoms with Gasteiger partial charge in [0, 0.05) is 61.8 Å². The zero-order valence-electron chi connectivity index (χ0n) is 22.7. The first kappa shape index (κ1) is 26.2. The average Bonchev–Trinajstić information content (AvgIpc) is 3.64. The summed E-state index contributed by atoms with van der Waals surface area (Å²) in [7, 11) is 0. The molecule has 2 saturated heterocycles. The highest BCUT2D eigenvalue weighted by atomic mass is 32.1. The Morgan fingerprint density at radius 2 is 1.57 bits per heavy atom. The van der Waals surface area contributed by atoms with Crippen molar-refractivity contribution in [2.75, 3.05) is 44.2 Å². The van der Waals surface area contributed by atoms with E-state index in [1.165, 1.54) is 0 Å². The van der Waals surface area contributed by atoms with Crippen LogP contribution in [-0.4, -0.2) is 76.0 Å². The van der Waals surface area contributed by atoms with Crippen molar-refractivity contribution in [2.24, 2.45) is 0 Å². The van der Waals surface area contributed by atoms with Crippen LogP contribution in [0, 0.1) is 13.8 Å². The van der Waals surface area contributed by atoms with Crippen LogP contribution in [0.15, 0.2) is 58.4 Å². The predicted octanol–water partition coefficient (Wildman–Crippen LogP) is 4.79. The fourth-order valence-corrected chi connectivity index (χ4v) is 6.45. The van der Waals surface area contributed by atoms with Crippen molar-refractivity contribution in [1.82, 2.24) is 24.9 Å². The van der Waals surface area contributed by atoms with E-state index in [2.05, 4.69) is 15.0 Å². The van der Waals surface area contributed by atoms with Crippen LogP contribution in [0.2, 0.25) is 0 Å². The number of carbonyl (C=O) groups is 2. The molecule has 0 N–H and O–H groups in total. The highest BCUT2D eigenvalue weighted by Crippen LogP contribution is 2.33. The molecule has 0 bridgehead atoms. The molecule has 0 saturated carbocycles. The van der Waals surface area contributed by atoms with Crippen molar-refractivity contribution >= 4 is 29.0 Å². The maximum atomic E-state index is 13.5. The quantitative estimate of drug-likeness (QED) is 0.349. The van der Waals surface area contributed by atoms with Crippen LogP contribution in [0.3, 0.4) is 0 Å². The van der Waals surface area contributed by atoms with E-state index < -0.39 is 0 Å². The molecule has 0 spiro atoms. The highest BCUT2D eigenvalue weighted by Gasteiger charge is 2.31. The molecule has 10 heteroatoms. The summed E-state index contributed by atoms with van der Waals surface area (Å²) in [6.07, 6.45) is 1.61. The number of amides is 2. The van der Waals surface area contributed by atoms with E-state index in [1.54, 1.807) is 18.3 Å². The van der Waals surface area contributed by atoms with Gasteiger partial charge in [-0.25, -0.2) is 9.97 Å². The summed E-state index contributed by atoms with van der Waals surface area (Å²) in [4.78, 5) is 42.0. The van der Waals surface area contributed by atoms with Crippen molar-refractivity contribution in [3.63, 3.8) is 0 Å². The maximum Gasteiger partial charge on any atom is 0.273 e. The molecular weight excluding hydrogens is 524 g/mol. The molecule has 2 aliphatic heterocycles. The van der Waals surface area contributed by atoms with Gasteiger partial charge in [-0.1, -0.05) is 41.6 Å². The van der Waals surface area contributed by atoms with E-state index in [0.29, 0.717) is 48.9 Å².